The van der Waals surface area contributed by atoms with Crippen LogP contribution < -0.4 is 0 Å². The summed E-state index contributed by atoms with van der Waals surface area (Å²) in [4.78, 5) is 20.5. The second-order valence-corrected chi connectivity index (χ2v) is 7.53. The first kappa shape index (κ1) is 18.7. The summed E-state index contributed by atoms with van der Waals surface area (Å²) in [7, 11) is 0. The van der Waals surface area contributed by atoms with Crippen LogP contribution in [0.15, 0.2) is 60.8 Å². The molecule has 0 saturated carbocycles. The average Bonchev–Trinajstić information content (AvgIpc) is 3.12. The number of benzene rings is 2. The number of carbonyl (C=O) groups is 1. The zero-order valence-electron chi connectivity index (χ0n) is 16.0. The van der Waals surface area contributed by atoms with Gasteiger partial charge in [0.2, 0.25) is 0 Å². The number of rotatable bonds is 4. The SMILES string of the molecule is Cc1ccccc1CN1CCN(C(=O)c2c[nH]c(=S)n2-c2ccccc2)CC1. The van der Waals surface area contributed by atoms with E-state index in [0.717, 1.165) is 38.4 Å². The first-order valence-corrected chi connectivity index (χ1v) is 9.96. The van der Waals surface area contributed by atoms with Gasteiger partial charge in [0.1, 0.15) is 5.69 Å². The van der Waals surface area contributed by atoms with Gasteiger partial charge in [-0.2, -0.15) is 0 Å². The summed E-state index contributed by atoms with van der Waals surface area (Å²) in [6.07, 6.45) is 1.72. The Morgan fingerprint density at radius 3 is 2.39 bits per heavy atom. The fraction of sp³-hybridized carbons (Fsp3) is 0.273. The summed E-state index contributed by atoms with van der Waals surface area (Å²) in [5, 5.41) is 0. The largest absolute Gasteiger partial charge is 0.336 e. The lowest BCUT2D eigenvalue weighted by Crippen LogP contribution is -2.48. The topological polar surface area (TPSA) is 44.3 Å². The van der Waals surface area contributed by atoms with E-state index in [-0.39, 0.29) is 5.91 Å². The molecular weight excluding hydrogens is 368 g/mol. The number of aryl methyl sites for hydroxylation is 1. The van der Waals surface area contributed by atoms with Crippen molar-refractivity contribution in [2.24, 2.45) is 0 Å². The van der Waals surface area contributed by atoms with Crippen molar-refractivity contribution in [2.75, 3.05) is 26.2 Å². The molecule has 0 aliphatic carbocycles. The minimum Gasteiger partial charge on any atom is -0.336 e. The van der Waals surface area contributed by atoms with E-state index in [2.05, 4.69) is 41.1 Å². The minimum atomic E-state index is 0.0201. The summed E-state index contributed by atoms with van der Waals surface area (Å²) in [5.74, 6) is 0.0201. The number of nitrogens with one attached hydrogen (secondary N) is 1. The molecule has 1 fully saturated rings. The van der Waals surface area contributed by atoms with Crippen LogP contribution in [0.2, 0.25) is 0 Å². The number of amides is 1. The van der Waals surface area contributed by atoms with Gasteiger partial charge < -0.3 is 9.88 Å². The molecule has 1 aliphatic heterocycles. The second-order valence-electron chi connectivity index (χ2n) is 7.14. The summed E-state index contributed by atoms with van der Waals surface area (Å²) in [5.41, 5.74) is 4.15. The summed E-state index contributed by atoms with van der Waals surface area (Å²) in [6, 6.07) is 18.3. The molecule has 4 rings (SSSR count). The van der Waals surface area contributed by atoms with Gasteiger partial charge in [-0.15, -0.1) is 0 Å². The van der Waals surface area contributed by atoms with Gasteiger partial charge in [0.25, 0.3) is 5.91 Å². The van der Waals surface area contributed by atoms with Gasteiger partial charge in [0.15, 0.2) is 4.77 Å². The maximum atomic E-state index is 13.1. The molecular formula is C22H24N4OS. The first-order valence-electron chi connectivity index (χ1n) is 9.55. The predicted octanol–water partition coefficient (Wildman–Crippen LogP) is 3.80. The molecule has 1 aliphatic rings. The van der Waals surface area contributed by atoms with Crippen LogP contribution in [-0.4, -0.2) is 51.4 Å². The van der Waals surface area contributed by atoms with Crippen LogP contribution in [0.3, 0.4) is 0 Å². The summed E-state index contributed by atoms with van der Waals surface area (Å²) >= 11 is 5.41. The van der Waals surface area contributed by atoms with E-state index in [9.17, 15) is 4.79 Å². The number of aromatic amines is 1. The monoisotopic (exact) mass is 392 g/mol. The summed E-state index contributed by atoms with van der Waals surface area (Å²) < 4.78 is 2.35. The Morgan fingerprint density at radius 2 is 1.68 bits per heavy atom. The molecule has 5 nitrogen and oxygen atoms in total. The highest BCUT2D eigenvalue weighted by Crippen LogP contribution is 2.17. The molecule has 6 heteroatoms. The van der Waals surface area contributed by atoms with E-state index in [0.29, 0.717) is 10.5 Å². The Hall–Kier alpha value is -2.70. The number of imidazole rings is 1. The molecule has 1 N–H and O–H groups in total. The van der Waals surface area contributed by atoms with Crippen molar-refractivity contribution < 1.29 is 4.79 Å². The molecule has 3 aromatic rings. The minimum absolute atomic E-state index is 0.0201. The third kappa shape index (κ3) is 3.79. The van der Waals surface area contributed by atoms with Crippen LogP contribution in [0.1, 0.15) is 21.6 Å². The van der Waals surface area contributed by atoms with Crippen LogP contribution in [0.25, 0.3) is 5.69 Å². The van der Waals surface area contributed by atoms with Crippen LogP contribution in [-0.2, 0) is 6.54 Å². The standard InChI is InChI=1S/C22H24N4OS/c1-17-7-5-6-8-18(17)16-24-11-13-25(14-12-24)21(27)20-15-23-22(28)26(20)19-9-3-2-4-10-19/h2-10,15H,11-14,16H2,1H3,(H,23,28). The average molecular weight is 393 g/mol. The molecule has 0 spiro atoms. The lowest BCUT2D eigenvalue weighted by atomic mass is 10.1. The Morgan fingerprint density at radius 1 is 1.00 bits per heavy atom. The predicted molar refractivity (Wildman–Crippen MR) is 113 cm³/mol. The molecule has 2 aromatic carbocycles. The van der Waals surface area contributed by atoms with Crippen molar-refractivity contribution in [1.82, 2.24) is 19.4 Å². The molecule has 28 heavy (non-hydrogen) atoms. The normalized spacial score (nSPS) is 15.0. The number of H-pyrrole nitrogens is 1. The van der Waals surface area contributed by atoms with E-state index in [4.69, 9.17) is 12.2 Å². The number of piperazine rings is 1. The smallest absolute Gasteiger partial charge is 0.272 e. The Balaban J connectivity index is 1.45. The lowest BCUT2D eigenvalue weighted by molar-refractivity contribution is 0.0620. The van der Waals surface area contributed by atoms with Crippen LogP contribution >= 0.6 is 12.2 Å². The van der Waals surface area contributed by atoms with E-state index in [1.54, 1.807) is 6.20 Å². The number of hydrogen-bond acceptors (Lipinski definition) is 3. The van der Waals surface area contributed by atoms with Gasteiger partial charge in [0, 0.05) is 44.6 Å². The second kappa shape index (κ2) is 8.12. The van der Waals surface area contributed by atoms with Crippen LogP contribution in [0.5, 0.6) is 0 Å². The van der Waals surface area contributed by atoms with E-state index in [1.807, 2.05) is 39.8 Å². The third-order valence-corrected chi connectivity index (χ3v) is 5.63. The van der Waals surface area contributed by atoms with Crippen molar-refractivity contribution in [2.45, 2.75) is 13.5 Å². The quantitative estimate of drug-likeness (QED) is 0.687. The van der Waals surface area contributed by atoms with Gasteiger partial charge in [-0.25, -0.2) is 0 Å². The fourth-order valence-corrected chi connectivity index (χ4v) is 3.92. The Kier molecular flexibility index (Phi) is 5.41. The Labute approximate surface area is 170 Å². The van der Waals surface area contributed by atoms with Gasteiger partial charge in [-0.3, -0.25) is 14.3 Å². The highest BCUT2D eigenvalue weighted by atomic mass is 32.1. The number of aromatic nitrogens is 2. The summed E-state index contributed by atoms with van der Waals surface area (Å²) in [6.45, 7) is 6.26. The molecule has 1 aromatic heterocycles. The maximum absolute atomic E-state index is 13.1. The zero-order valence-corrected chi connectivity index (χ0v) is 16.8. The molecule has 144 valence electrons. The number of hydrogen-bond donors (Lipinski definition) is 1. The number of para-hydroxylation sites is 1. The number of carbonyl (C=O) groups excluding carboxylic acids is 1. The van der Waals surface area contributed by atoms with Gasteiger partial charge >= 0.3 is 0 Å². The van der Waals surface area contributed by atoms with Crippen molar-refractivity contribution in [1.29, 1.82) is 0 Å². The molecule has 2 heterocycles. The number of nitrogens with zero attached hydrogens (tertiary/aromatic N) is 3. The fourth-order valence-electron chi connectivity index (χ4n) is 3.66. The first-order chi connectivity index (χ1) is 13.6. The van der Waals surface area contributed by atoms with Crippen molar-refractivity contribution in [3.63, 3.8) is 0 Å². The van der Waals surface area contributed by atoms with E-state index >= 15 is 0 Å². The third-order valence-electron chi connectivity index (χ3n) is 5.32. The van der Waals surface area contributed by atoms with Crippen molar-refractivity contribution in [3.8, 4) is 5.69 Å². The molecule has 0 atom stereocenters. The highest BCUT2D eigenvalue weighted by molar-refractivity contribution is 7.71. The molecule has 1 amide bonds. The highest BCUT2D eigenvalue weighted by Gasteiger charge is 2.25. The van der Waals surface area contributed by atoms with Crippen LogP contribution in [0.4, 0.5) is 0 Å². The van der Waals surface area contributed by atoms with E-state index < -0.39 is 0 Å². The molecule has 0 unspecified atom stereocenters. The zero-order chi connectivity index (χ0) is 19.5. The Bertz CT molecular complexity index is 1020. The maximum Gasteiger partial charge on any atom is 0.272 e. The van der Waals surface area contributed by atoms with E-state index in [1.165, 1.54) is 11.1 Å². The van der Waals surface area contributed by atoms with Gasteiger partial charge in [-0.05, 0) is 42.4 Å². The van der Waals surface area contributed by atoms with Gasteiger partial charge in [0.05, 0.1) is 0 Å². The molecule has 1 saturated heterocycles. The lowest BCUT2D eigenvalue weighted by Gasteiger charge is -2.35. The molecule has 0 bridgehead atoms. The molecule has 0 radical (unpaired) electrons. The van der Waals surface area contributed by atoms with Gasteiger partial charge in [-0.1, -0.05) is 42.5 Å². The van der Waals surface area contributed by atoms with Crippen LogP contribution in [0, 0.1) is 11.7 Å². The van der Waals surface area contributed by atoms with Crippen molar-refractivity contribution in [3.05, 3.63) is 82.4 Å². The van der Waals surface area contributed by atoms with Crippen molar-refractivity contribution >= 4 is 18.1 Å².